The van der Waals surface area contributed by atoms with Crippen molar-refractivity contribution in [1.82, 2.24) is 14.8 Å². The number of aryl methyl sites for hydroxylation is 3. The Balaban J connectivity index is 1.24. The molecule has 2 saturated heterocycles. The summed E-state index contributed by atoms with van der Waals surface area (Å²) in [6.07, 6.45) is 7.78. The van der Waals surface area contributed by atoms with Gasteiger partial charge in [-0.15, -0.1) is 0 Å². The molecular formula is C30H38ClN3O2. The maximum atomic E-state index is 13.7. The fourth-order valence-electron chi connectivity index (χ4n) is 5.95. The van der Waals surface area contributed by atoms with Gasteiger partial charge in [0.1, 0.15) is 11.4 Å². The number of carbonyl (C=O) groups is 1. The summed E-state index contributed by atoms with van der Waals surface area (Å²) in [5.41, 5.74) is 4.95. The average molecular weight is 508 g/mol. The van der Waals surface area contributed by atoms with Crippen molar-refractivity contribution in [2.45, 2.75) is 64.8 Å². The van der Waals surface area contributed by atoms with Gasteiger partial charge in [-0.1, -0.05) is 36.2 Å². The van der Waals surface area contributed by atoms with Crippen LogP contribution in [0.1, 0.15) is 65.7 Å². The second-order valence-corrected chi connectivity index (χ2v) is 10.8. The largest absolute Gasteiger partial charge is 0.494 e. The summed E-state index contributed by atoms with van der Waals surface area (Å²) >= 11 is 6.30. The monoisotopic (exact) mass is 507 g/mol. The number of nitrogens with zero attached hydrogens (tertiary/aromatic N) is 2. The van der Waals surface area contributed by atoms with Crippen molar-refractivity contribution in [2.24, 2.45) is 0 Å². The first-order valence-electron chi connectivity index (χ1n) is 13.5. The molecule has 0 spiro atoms. The molecule has 1 aromatic heterocycles. The molecule has 2 aromatic carbocycles. The van der Waals surface area contributed by atoms with Gasteiger partial charge < -0.3 is 19.5 Å². The Hall–Kier alpha value is -2.50. The number of benzene rings is 2. The van der Waals surface area contributed by atoms with Crippen molar-refractivity contribution in [3.63, 3.8) is 0 Å². The molecular weight excluding hydrogens is 470 g/mol. The predicted molar refractivity (Wildman–Crippen MR) is 147 cm³/mol. The Morgan fingerprint density at radius 1 is 1.03 bits per heavy atom. The fraction of sp³-hybridized carbons (Fsp3) is 0.500. The molecule has 6 heteroatoms. The fourth-order valence-corrected chi connectivity index (χ4v) is 6.06. The van der Waals surface area contributed by atoms with Gasteiger partial charge in [-0.25, -0.2) is 0 Å². The van der Waals surface area contributed by atoms with Gasteiger partial charge in [0.05, 0.1) is 6.61 Å². The third-order valence-corrected chi connectivity index (χ3v) is 8.53. The topological polar surface area (TPSA) is 48.6 Å². The molecule has 2 aliphatic heterocycles. The first kappa shape index (κ1) is 25.2. The van der Waals surface area contributed by atoms with E-state index in [1.54, 1.807) is 0 Å². The minimum Gasteiger partial charge on any atom is -0.494 e. The summed E-state index contributed by atoms with van der Waals surface area (Å²) in [5, 5.41) is 1.94. The highest BCUT2D eigenvalue weighted by atomic mass is 35.5. The number of para-hydroxylation sites is 1. The molecule has 192 valence electrons. The number of piperidine rings is 2. The molecule has 2 fully saturated rings. The van der Waals surface area contributed by atoms with Gasteiger partial charge in [0, 0.05) is 35.1 Å². The Morgan fingerprint density at radius 3 is 2.44 bits per heavy atom. The molecule has 3 aromatic rings. The first-order chi connectivity index (χ1) is 17.5. The molecule has 36 heavy (non-hydrogen) atoms. The van der Waals surface area contributed by atoms with Crippen LogP contribution in [-0.2, 0) is 6.42 Å². The first-order valence-corrected chi connectivity index (χ1v) is 13.9. The molecule has 1 N–H and O–H groups in total. The number of aromatic nitrogens is 1. The van der Waals surface area contributed by atoms with E-state index in [0.29, 0.717) is 12.6 Å². The lowest BCUT2D eigenvalue weighted by Crippen LogP contribution is -2.48. The zero-order valence-corrected chi connectivity index (χ0v) is 22.4. The van der Waals surface area contributed by atoms with Gasteiger partial charge in [-0.05, 0) is 100 Å². The van der Waals surface area contributed by atoms with Gasteiger partial charge in [-0.2, -0.15) is 0 Å². The van der Waals surface area contributed by atoms with Crippen molar-refractivity contribution < 1.29 is 9.53 Å². The standard InChI is InChI=1S/C30H38ClN3O2/c1-21-19-24(20-22(2)28(21)31)36-18-8-10-26-25-9-4-5-11-27(25)32-29(26)30(35)34-16-12-23(13-17-34)33-14-6-3-7-15-33/h4-5,9,11,19-20,23,32H,3,6-8,10,12-18H2,1-2H3. The zero-order valence-electron chi connectivity index (χ0n) is 21.6. The number of nitrogens with one attached hydrogen (secondary N) is 1. The van der Waals surface area contributed by atoms with E-state index in [1.807, 2.05) is 38.1 Å². The summed E-state index contributed by atoms with van der Waals surface area (Å²) in [6.45, 7) is 8.72. The zero-order chi connectivity index (χ0) is 25.1. The van der Waals surface area contributed by atoms with E-state index in [0.717, 1.165) is 82.8 Å². The Morgan fingerprint density at radius 2 is 1.72 bits per heavy atom. The third kappa shape index (κ3) is 5.42. The Kier molecular flexibility index (Phi) is 7.87. The minimum absolute atomic E-state index is 0.142. The quantitative estimate of drug-likeness (QED) is 0.369. The van der Waals surface area contributed by atoms with Gasteiger partial charge in [0.25, 0.3) is 5.91 Å². The van der Waals surface area contributed by atoms with E-state index >= 15 is 0 Å². The highest BCUT2D eigenvalue weighted by molar-refractivity contribution is 6.32. The highest BCUT2D eigenvalue weighted by Crippen LogP contribution is 2.29. The number of H-pyrrole nitrogens is 1. The maximum Gasteiger partial charge on any atom is 0.270 e. The Bertz CT molecular complexity index is 1180. The number of aromatic amines is 1. The minimum atomic E-state index is 0.142. The number of amides is 1. The van der Waals surface area contributed by atoms with Crippen LogP contribution in [-0.4, -0.2) is 59.5 Å². The summed E-state index contributed by atoms with van der Waals surface area (Å²) in [7, 11) is 0. The van der Waals surface area contributed by atoms with Crippen LogP contribution in [0, 0.1) is 13.8 Å². The van der Waals surface area contributed by atoms with Crippen LogP contribution in [0.15, 0.2) is 36.4 Å². The molecule has 3 heterocycles. The van der Waals surface area contributed by atoms with E-state index in [1.165, 1.54) is 32.4 Å². The molecule has 0 atom stereocenters. The van der Waals surface area contributed by atoms with E-state index < -0.39 is 0 Å². The average Bonchev–Trinajstić information content (AvgIpc) is 3.28. The van der Waals surface area contributed by atoms with Gasteiger partial charge in [0.2, 0.25) is 0 Å². The van der Waals surface area contributed by atoms with Crippen LogP contribution in [0.5, 0.6) is 5.75 Å². The molecule has 0 radical (unpaired) electrons. The van der Waals surface area contributed by atoms with Crippen molar-refractivity contribution in [2.75, 3.05) is 32.8 Å². The number of rotatable bonds is 7. The van der Waals surface area contributed by atoms with Gasteiger partial charge in [0.15, 0.2) is 0 Å². The van der Waals surface area contributed by atoms with Crippen LogP contribution >= 0.6 is 11.6 Å². The molecule has 5 nitrogen and oxygen atoms in total. The van der Waals surface area contributed by atoms with E-state index in [4.69, 9.17) is 16.3 Å². The lowest BCUT2D eigenvalue weighted by atomic mass is 9.99. The normalized spacial score (nSPS) is 17.6. The molecule has 0 unspecified atom stereocenters. The third-order valence-electron chi connectivity index (χ3n) is 7.94. The second-order valence-electron chi connectivity index (χ2n) is 10.5. The number of halogens is 1. The van der Waals surface area contributed by atoms with E-state index in [9.17, 15) is 4.79 Å². The SMILES string of the molecule is Cc1cc(OCCCc2c(C(=O)N3CCC(N4CCCCC4)CC3)[nH]c3ccccc23)cc(C)c1Cl. The van der Waals surface area contributed by atoms with Crippen molar-refractivity contribution in [3.05, 3.63) is 63.8 Å². The number of hydrogen-bond acceptors (Lipinski definition) is 3. The van der Waals surface area contributed by atoms with E-state index in [-0.39, 0.29) is 5.91 Å². The van der Waals surface area contributed by atoms with Crippen LogP contribution in [0.25, 0.3) is 10.9 Å². The molecule has 1 amide bonds. The number of likely N-dealkylation sites (tertiary alicyclic amines) is 2. The summed E-state index contributed by atoms with van der Waals surface area (Å²) in [4.78, 5) is 21.8. The van der Waals surface area contributed by atoms with Crippen molar-refractivity contribution in [3.8, 4) is 5.75 Å². The lowest BCUT2D eigenvalue weighted by Gasteiger charge is -2.40. The van der Waals surface area contributed by atoms with Crippen LogP contribution in [0.3, 0.4) is 0 Å². The molecule has 5 rings (SSSR count). The smallest absolute Gasteiger partial charge is 0.270 e. The number of fused-ring (bicyclic) bond motifs is 1. The predicted octanol–water partition coefficient (Wildman–Crippen LogP) is 6.54. The second kappa shape index (κ2) is 11.3. The van der Waals surface area contributed by atoms with Crippen molar-refractivity contribution >= 4 is 28.4 Å². The molecule has 0 saturated carbocycles. The number of hydrogen-bond donors (Lipinski definition) is 1. The van der Waals surface area contributed by atoms with Crippen molar-refractivity contribution in [1.29, 1.82) is 0 Å². The molecule has 0 bridgehead atoms. The number of carbonyl (C=O) groups excluding carboxylic acids is 1. The summed E-state index contributed by atoms with van der Waals surface area (Å²) in [6, 6.07) is 12.9. The Labute approximate surface area is 219 Å². The van der Waals surface area contributed by atoms with Gasteiger partial charge in [-0.3, -0.25) is 4.79 Å². The van der Waals surface area contributed by atoms with Gasteiger partial charge >= 0.3 is 0 Å². The summed E-state index contributed by atoms with van der Waals surface area (Å²) in [5.74, 6) is 0.990. The summed E-state index contributed by atoms with van der Waals surface area (Å²) < 4.78 is 6.05. The van der Waals surface area contributed by atoms with Crippen LogP contribution in [0.2, 0.25) is 5.02 Å². The van der Waals surface area contributed by atoms with E-state index in [2.05, 4.69) is 26.9 Å². The molecule has 2 aliphatic rings. The number of ether oxygens (including phenoxy) is 1. The lowest BCUT2D eigenvalue weighted by molar-refractivity contribution is 0.0584. The maximum absolute atomic E-state index is 13.7. The molecule has 0 aliphatic carbocycles. The van der Waals surface area contributed by atoms with Crippen LogP contribution in [0.4, 0.5) is 0 Å². The highest BCUT2D eigenvalue weighted by Gasteiger charge is 2.30. The van der Waals surface area contributed by atoms with Crippen LogP contribution < -0.4 is 4.74 Å².